The number of hydrogen-bond acceptors (Lipinski definition) is 4. The fourth-order valence-electron chi connectivity index (χ4n) is 6.61. The third-order valence-corrected chi connectivity index (χ3v) is 7.98. The number of hydrogen-bond donors (Lipinski definition) is 0. The largest absolute Gasteiger partial charge is 0.450 e. The molecule has 0 aliphatic heterocycles. The zero-order chi connectivity index (χ0) is 18.0. The lowest BCUT2D eigenvalue weighted by molar-refractivity contribution is -0.155. The van der Waals surface area contributed by atoms with Gasteiger partial charge in [0.25, 0.3) is 0 Å². The SMILES string of the molecule is CC(=O)OC1C(=O)CC[C@@]2(C)C1=CC[C@@H]1[C@H]2CC[C@]2(C)C(=O)CC[C@@H]12. The number of carbonyl (C=O) groups is 3. The topological polar surface area (TPSA) is 60.4 Å². The highest BCUT2D eigenvalue weighted by Gasteiger charge is 2.60. The smallest absolute Gasteiger partial charge is 0.303 e. The quantitative estimate of drug-likeness (QED) is 0.538. The molecule has 4 heteroatoms. The highest BCUT2D eigenvalue weighted by atomic mass is 16.5. The van der Waals surface area contributed by atoms with Crippen molar-refractivity contribution in [3.8, 4) is 0 Å². The van der Waals surface area contributed by atoms with Crippen molar-refractivity contribution >= 4 is 17.5 Å². The van der Waals surface area contributed by atoms with Crippen LogP contribution in [0.4, 0.5) is 0 Å². The number of carbonyl (C=O) groups excluding carboxylic acids is 3. The summed E-state index contributed by atoms with van der Waals surface area (Å²) in [5.74, 6) is 1.58. The number of allylic oxidation sites excluding steroid dienone is 1. The Kier molecular flexibility index (Phi) is 3.75. The van der Waals surface area contributed by atoms with Gasteiger partial charge in [-0.3, -0.25) is 14.4 Å². The highest BCUT2D eigenvalue weighted by molar-refractivity contribution is 5.90. The van der Waals surface area contributed by atoms with E-state index in [1.165, 1.54) is 6.92 Å². The van der Waals surface area contributed by atoms with Crippen molar-refractivity contribution < 1.29 is 19.1 Å². The summed E-state index contributed by atoms with van der Waals surface area (Å²) in [6.45, 7) is 5.82. The molecule has 4 nitrogen and oxygen atoms in total. The second kappa shape index (κ2) is 5.52. The Morgan fingerprint density at radius 2 is 1.80 bits per heavy atom. The van der Waals surface area contributed by atoms with E-state index in [9.17, 15) is 14.4 Å². The molecule has 136 valence electrons. The first-order valence-corrected chi connectivity index (χ1v) is 9.71. The average molecular weight is 344 g/mol. The zero-order valence-corrected chi connectivity index (χ0v) is 15.5. The Morgan fingerprint density at radius 3 is 2.52 bits per heavy atom. The highest BCUT2D eigenvalue weighted by Crippen LogP contribution is 2.63. The molecule has 0 aromatic rings. The molecule has 0 radical (unpaired) electrons. The maximum absolute atomic E-state index is 12.5. The van der Waals surface area contributed by atoms with E-state index in [1.54, 1.807) is 0 Å². The first-order valence-electron chi connectivity index (χ1n) is 9.71. The van der Waals surface area contributed by atoms with Gasteiger partial charge in [0, 0.05) is 25.2 Å². The van der Waals surface area contributed by atoms with Crippen LogP contribution in [-0.2, 0) is 19.1 Å². The van der Waals surface area contributed by atoms with Gasteiger partial charge >= 0.3 is 5.97 Å². The molecular formula is C21H28O4. The number of esters is 1. The van der Waals surface area contributed by atoms with Gasteiger partial charge in [-0.1, -0.05) is 19.9 Å². The van der Waals surface area contributed by atoms with Crippen LogP contribution in [0.1, 0.15) is 65.7 Å². The first-order chi connectivity index (χ1) is 11.8. The predicted molar refractivity (Wildman–Crippen MR) is 92.7 cm³/mol. The molecule has 6 atom stereocenters. The van der Waals surface area contributed by atoms with E-state index in [4.69, 9.17) is 4.74 Å². The van der Waals surface area contributed by atoms with Crippen LogP contribution in [0.5, 0.6) is 0 Å². The summed E-state index contributed by atoms with van der Waals surface area (Å²) in [6.07, 6.45) is 7.48. The zero-order valence-electron chi connectivity index (χ0n) is 15.5. The van der Waals surface area contributed by atoms with Crippen LogP contribution in [0.15, 0.2) is 11.6 Å². The number of ether oxygens (including phenoxy) is 1. The van der Waals surface area contributed by atoms with Crippen molar-refractivity contribution in [3.05, 3.63) is 11.6 Å². The Bertz CT molecular complexity index is 677. The van der Waals surface area contributed by atoms with E-state index in [0.717, 1.165) is 44.1 Å². The standard InChI is InChI=1S/C21H28O4/c1-12(22)25-19-16-5-4-13-14-6-7-18(24)21(14,3)10-8-15(13)20(16,2)11-9-17(19)23/h5,13-15,19H,4,6-11H2,1-3H3/t13-,14-,15+,19?,20+,21-/m0/s1. The van der Waals surface area contributed by atoms with E-state index in [1.807, 2.05) is 0 Å². The third-order valence-electron chi connectivity index (χ3n) is 7.98. The summed E-state index contributed by atoms with van der Waals surface area (Å²) in [5.41, 5.74) is 0.820. The van der Waals surface area contributed by atoms with Gasteiger partial charge in [0.1, 0.15) is 5.78 Å². The van der Waals surface area contributed by atoms with Gasteiger partial charge in [-0.25, -0.2) is 0 Å². The summed E-state index contributed by atoms with van der Waals surface area (Å²) in [6, 6.07) is 0. The van der Waals surface area contributed by atoms with Crippen LogP contribution in [0.2, 0.25) is 0 Å². The monoisotopic (exact) mass is 344 g/mol. The van der Waals surface area contributed by atoms with Crippen LogP contribution >= 0.6 is 0 Å². The second-order valence-corrected chi connectivity index (χ2v) is 9.06. The lowest BCUT2D eigenvalue weighted by atomic mass is 9.48. The molecule has 4 aliphatic carbocycles. The van der Waals surface area contributed by atoms with Gasteiger partial charge < -0.3 is 4.74 Å². The molecule has 0 aromatic heterocycles. The summed E-state index contributed by atoms with van der Waals surface area (Å²) >= 11 is 0. The van der Waals surface area contributed by atoms with E-state index in [-0.39, 0.29) is 22.6 Å². The Labute approximate surface area is 149 Å². The van der Waals surface area contributed by atoms with Crippen molar-refractivity contribution in [1.29, 1.82) is 0 Å². The van der Waals surface area contributed by atoms with Crippen LogP contribution in [0.3, 0.4) is 0 Å². The van der Waals surface area contributed by atoms with Gasteiger partial charge in [-0.2, -0.15) is 0 Å². The number of rotatable bonds is 1. The van der Waals surface area contributed by atoms with Crippen molar-refractivity contribution in [3.63, 3.8) is 0 Å². The van der Waals surface area contributed by atoms with Crippen LogP contribution in [-0.4, -0.2) is 23.6 Å². The van der Waals surface area contributed by atoms with Crippen molar-refractivity contribution in [2.45, 2.75) is 71.8 Å². The molecule has 0 saturated heterocycles. The predicted octanol–water partition coefficient (Wildman–Crippen LogP) is 3.63. The van der Waals surface area contributed by atoms with Gasteiger partial charge in [0.2, 0.25) is 0 Å². The van der Waals surface area contributed by atoms with E-state index in [0.29, 0.717) is 30.0 Å². The molecule has 0 heterocycles. The Morgan fingerprint density at radius 1 is 1.08 bits per heavy atom. The molecule has 3 saturated carbocycles. The summed E-state index contributed by atoms with van der Waals surface area (Å²) in [7, 11) is 0. The maximum atomic E-state index is 12.5. The fraction of sp³-hybridized carbons (Fsp3) is 0.762. The number of ketones is 2. The summed E-state index contributed by atoms with van der Waals surface area (Å²) < 4.78 is 5.43. The van der Waals surface area contributed by atoms with Gasteiger partial charge in [0.05, 0.1) is 0 Å². The Balaban J connectivity index is 1.70. The minimum Gasteiger partial charge on any atom is -0.450 e. The molecule has 0 amide bonds. The number of Topliss-reactive ketones (excluding diaryl/α,β-unsaturated/α-hetero) is 2. The van der Waals surface area contributed by atoms with Gasteiger partial charge in [0.15, 0.2) is 11.9 Å². The summed E-state index contributed by atoms with van der Waals surface area (Å²) in [5, 5.41) is 0. The third kappa shape index (κ3) is 2.29. The second-order valence-electron chi connectivity index (χ2n) is 9.06. The van der Waals surface area contributed by atoms with Crippen molar-refractivity contribution in [2.24, 2.45) is 28.6 Å². The van der Waals surface area contributed by atoms with Gasteiger partial charge in [-0.15, -0.1) is 0 Å². The molecule has 0 bridgehead atoms. The number of fused-ring (bicyclic) bond motifs is 5. The molecule has 4 rings (SSSR count). The molecule has 4 aliphatic rings. The van der Waals surface area contributed by atoms with E-state index < -0.39 is 6.10 Å². The molecular weight excluding hydrogens is 316 g/mol. The van der Waals surface area contributed by atoms with E-state index >= 15 is 0 Å². The fourth-order valence-corrected chi connectivity index (χ4v) is 6.61. The van der Waals surface area contributed by atoms with Crippen LogP contribution in [0, 0.1) is 28.6 Å². The average Bonchev–Trinajstić information content (AvgIpc) is 2.86. The van der Waals surface area contributed by atoms with Crippen molar-refractivity contribution in [1.82, 2.24) is 0 Å². The molecule has 0 aromatic carbocycles. The lowest BCUT2D eigenvalue weighted by Crippen LogP contribution is -2.53. The maximum Gasteiger partial charge on any atom is 0.303 e. The van der Waals surface area contributed by atoms with Gasteiger partial charge in [-0.05, 0) is 60.8 Å². The molecule has 3 fully saturated rings. The molecule has 25 heavy (non-hydrogen) atoms. The summed E-state index contributed by atoms with van der Waals surface area (Å²) in [4.78, 5) is 36.4. The van der Waals surface area contributed by atoms with Crippen LogP contribution in [0.25, 0.3) is 0 Å². The lowest BCUT2D eigenvalue weighted by Gasteiger charge is -2.56. The van der Waals surface area contributed by atoms with E-state index in [2.05, 4.69) is 19.9 Å². The normalized spacial score (nSPS) is 46.0. The van der Waals surface area contributed by atoms with Crippen molar-refractivity contribution in [2.75, 3.05) is 0 Å². The van der Waals surface area contributed by atoms with Crippen LogP contribution < -0.4 is 0 Å². The molecule has 1 unspecified atom stereocenters. The minimum absolute atomic E-state index is 0.0362. The molecule has 0 N–H and O–H groups in total. The molecule has 0 spiro atoms. The Hall–Kier alpha value is -1.45. The first kappa shape index (κ1) is 17.0. The minimum atomic E-state index is -0.685.